The summed E-state index contributed by atoms with van der Waals surface area (Å²) < 4.78 is 37.8. The second kappa shape index (κ2) is 5.84. The van der Waals surface area contributed by atoms with Gasteiger partial charge in [0.25, 0.3) is 0 Å². The Morgan fingerprint density at radius 2 is 1.79 bits per heavy atom. The number of fused-ring (bicyclic) bond motifs is 7. The molecule has 1 aliphatic heterocycles. The Morgan fingerprint density at radius 3 is 2.66 bits per heavy atom. The van der Waals surface area contributed by atoms with E-state index in [-0.39, 0.29) is 12.0 Å². The molecule has 1 aliphatic carbocycles. The van der Waals surface area contributed by atoms with Gasteiger partial charge in [-0.1, -0.05) is 30.4 Å². The summed E-state index contributed by atoms with van der Waals surface area (Å²) in [4.78, 5) is 0. The van der Waals surface area contributed by atoms with Gasteiger partial charge >= 0.3 is 0 Å². The van der Waals surface area contributed by atoms with E-state index in [1.807, 2.05) is 29.8 Å². The van der Waals surface area contributed by atoms with Gasteiger partial charge in [-0.05, 0) is 43.6 Å². The molecule has 0 bridgehead atoms. The zero-order chi connectivity index (χ0) is 22.2. The van der Waals surface area contributed by atoms with Crippen molar-refractivity contribution in [3.05, 3.63) is 83.6 Å². The van der Waals surface area contributed by atoms with E-state index in [0.29, 0.717) is 5.56 Å². The van der Waals surface area contributed by atoms with Crippen LogP contribution < -0.4 is 9.30 Å². The smallest absolute Gasteiger partial charge is 0.216 e. The Balaban J connectivity index is 1.62. The van der Waals surface area contributed by atoms with E-state index in [2.05, 4.69) is 43.4 Å². The van der Waals surface area contributed by atoms with Crippen LogP contribution >= 0.6 is 0 Å². The van der Waals surface area contributed by atoms with Gasteiger partial charge < -0.3 is 9.15 Å². The number of hydrogen-bond donors (Lipinski definition) is 0. The lowest BCUT2D eigenvalue weighted by molar-refractivity contribution is -0.660. The first-order chi connectivity index (χ1) is 15.3. The van der Waals surface area contributed by atoms with Crippen LogP contribution in [0.1, 0.15) is 26.7 Å². The SMILES string of the molecule is [2H]C([2H])([2H])c1ccc(-c2c(C)ccc3c2oc2c4c(ccc23)OC2C=CC=CC42)[n+](C)c1. The minimum Gasteiger partial charge on any atom is -0.485 e. The van der Waals surface area contributed by atoms with Gasteiger partial charge in [0, 0.05) is 32.1 Å². The number of rotatable bonds is 1. The highest BCUT2D eigenvalue weighted by Gasteiger charge is 2.35. The second-order valence-corrected chi connectivity index (χ2v) is 7.88. The number of aryl methyl sites for hydroxylation is 3. The average Bonchev–Trinajstić information content (AvgIpc) is 3.31. The molecular weight excluding hydrogens is 358 g/mol. The summed E-state index contributed by atoms with van der Waals surface area (Å²) >= 11 is 0. The molecule has 2 aromatic heterocycles. The van der Waals surface area contributed by atoms with Crippen LogP contribution in [0.2, 0.25) is 0 Å². The minimum atomic E-state index is -2.14. The van der Waals surface area contributed by atoms with Crippen molar-refractivity contribution in [1.82, 2.24) is 0 Å². The molecular formula is C26H22NO2+. The van der Waals surface area contributed by atoms with Crippen molar-refractivity contribution in [2.24, 2.45) is 7.05 Å². The molecule has 0 saturated heterocycles. The molecule has 142 valence electrons. The predicted octanol–water partition coefficient (Wildman–Crippen LogP) is 5.66. The van der Waals surface area contributed by atoms with E-state index in [0.717, 1.165) is 50.1 Å². The second-order valence-electron chi connectivity index (χ2n) is 7.88. The zero-order valence-electron chi connectivity index (χ0n) is 19.3. The highest BCUT2D eigenvalue weighted by molar-refractivity contribution is 6.11. The fourth-order valence-electron chi connectivity index (χ4n) is 4.72. The number of hydrogen-bond acceptors (Lipinski definition) is 2. The quantitative estimate of drug-likeness (QED) is 0.396. The molecule has 0 radical (unpaired) electrons. The molecule has 0 saturated carbocycles. The van der Waals surface area contributed by atoms with Crippen LogP contribution in [0, 0.1) is 13.8 Å². The molecule has 2 aromatic carbocycles. The third-order valence-corrected chi connectivity index (χ3v) is 6.09. The number of ether oxygens (including phenoxy) is 1. The number of nitrogens with zero attached hydrogens (tertiary/aromatic N) is 1. The molecule has 3 heterocycles. The van der Waals surface area contributed by atoms with Gasteiger partial charge in [0.05, 0.1) is 11.5 Å². The van der Waals surface area contributed by atoms with Gasteiger partial charge in [-0.2, -0.15) is 0 Å². The van der Waals surface area contributed by atoms with Crippen molar-refractivity contribution in [2.45, 2.75) is 25.8 Å². The molecule has 3 nitrogen and oxygen atoms in total. The van der Waals surface area contributed by atoms with Gasteiger partial charge in [-0.3, -0.25) is 0 Å². The molecule has 4 aromatic rings. The standard InChI is InChI=1S/C26H22NO2/c1-15-8-12-20(27(3)14-15)23-16(2)9-10-17-18-11-13-22-24(26(18)29-25(17)23)19-6-4-5-7-21(19)28-22/h4-14,19,21H,1-3H3/q+1/i1D3. The molecule has 3 heteroatoms. The molecule has 2 atom stereocenters. The maximum atomic E-state index is 7.72. The molecule has 0 fully saturated rings. The first-order valence-electron chi connectivity index (χ1n) is 11.3. The maximum absolute atomic E-state index is 7.72. The number of allylic oxidation sites excluding steroid dienone is 2. The van der Waals surface area contributed by atoms with Gasteiger partial charge in [-0.15, -0.1) is 0 Å². The van der Waals surface area contributed by atoms with Crippen LogP contribution in [-0.2, 0) is 7.05 Å². The summed E-state index contributed by atoms with van der Waals surface area (Å²) in [6.07, 6.45) is 10.0. The largest absolute Gasteiger partial charge is 0.485 e. The van der Waals surface area contributed by atoms with Crippen LogP contribution in [0.25, 0.3) is 33.2 Å². The van der Waals surface area contributed by atoms with Crippen LogP contribution in [-0.4, -0.2) is 6.10 Å². The lowest BCUT2D eigenvalue weighted by Gasteiger charge is -2.13. The van der Waals surface area contributed by atoms with Gasteiger partial charge in [0.2, 0.25) is 5.69 Å². The van der Waals surface area contributed by atoms with Crippen molar-refractivity contribution >= 4 is 21.9 Å². The topological polar surface area (TPSA) is 26.2 Å². The van der Waals surface area contributed by atoms with Crippen LogP contribution in [0.4, 0.5) is 0 Å². The minimum absolute atomic E-state index is 0.000228. The molecule has 2 aliphatic rings. The van der Waals surface area contributed by atoms with E-state index < -0.39 is 6.85 Å². The summed E-state index contributed by atoms with van der Waals surface area (Å²) in [5, 5.41) is 2.11. The Bertz CT molecular complexity index is 1480. The molecule has 0 amide bonds. The normalized spacial score (nSPS) is 21.5. The fraction of sp³-hybridized carbons (Fsp3) is 0.192. The highest BCUT2D eigenvalue weighted by Crippen LogP contribution is 2.48. The number of pyridine rings is 1. The predicted molar refractivity (Wildman–Crippen MR) is 115 cm³/mol. The van der Waals surface area contributed by atoms with Crippen molar-refractivity contribution in [3.63, 3.8) is 0 Å². The first-order valence-corrected chi connectivity index (χ1v) is 9.84. The van der Waals surface area contributed by atoms with Crippen molar-refractivity contribution < 1.29 is 17.8 Å². The van der Waals surface area contributed by atoms with E-state index in [1.54, 1.807) is 12.3 Å². The zero-order valence-corrected chi connectivity index (χ0v) is 16.3. The summed E-state index contributed by atoms with van der Waals surface area (Å²) in [5.74, 6) is 1.01. The molecule has 2 unspecified atom stereocenters. The number of benzene rings is 2. The van der Waals surface area contributed by atoms with E-state index in [1.165, 1.54) is 0 Å². The number of aromatic nitrogens is 1. The van der Waals surface area contributed by atoms with E-state index in [9.17, 15) is 0 Å². The highest BCUT2D eigenvalue weighted by atomic mass is 16.5. The van der Waals surface area contributed by atoms with Crippen LogP contribution in [0.15, 0.2) is 71.3 Å². The van der Waals surface area contributed by atoms with Crippen molar-refractivity contribution in [2.75, 3.05) is 0 Å². The van der Waals surface area contributed by atoms with Gasteiger partial charge in [-0.25, -0.2) is 4.57 Å². The maximum Gasteiger partial charge on any atom is 0.216 e. The third kappa shape index (κ3) is 2.27. The van der Waals surface area contributed by atoms with Gasteiger partial charge in [0.15, 0.2) is 6.20 Å². The summed E-state index contributed by atoms with van der Waals surface area (Å²) in [6, 6.07) is 11.9. The van der Waals surface area contributed by atoms with E-state index >= 15 is 0 Å². The molecule has 29 heavy (non-hydrogen) atoms. The monoisotopic (exact) mass is 383 g/mol. The summed E-state index contributed by atoms with van der Waals surface area (Å²) in [6.45, 7) is -0.0897. The summed E-state index contributed by atoms with van der Waals surface area (Å²) in [5.41, 5.74) is 6.03. The van der Waals surface area contributed by atoms with Crippen LogP contribution in [0.5, 0.6) is 5.75 Å². The Labute approximate surface area is 173 Å². The first kappa shape index (κ1) is 13.8. The van der Waals surface area contributed by atoms with Crippen molar-refractivity contribution in [1.29, 1.82) is 0 Å². The lowest BCUT2D eigenvalue weighted by Crippen LogP contribution is -2.31. The van der Waals surface area contributed by atoms with Crippen LogP contribution in [0.3, 0.4) is 0 Å². The Hall–Kier alpha value is -3.33. The molecule has 6 rings (SSSR count). The Morgan fingerprint density at radius 1 is 0.966 bits per heavy atom. The Kier molecular flexibility index (Phi) is 2.77. The van der Waals surface area contributed by atoms with E-state index in [4.69, 9.17) is 13.3 Å². The average molecular weight is 383 g/mol. The molecule has 0 spiro atoms. The third-order valence-electron chi connectivity index (χ3n) is 6.09. The fourth-order valence-corrected chi connectivity index (χ4v) is 4.72. The molecule has 0 N–H and O–H groups in total. The summed E-state index contributed by atoms with van der Waals surface area (Å²) in [7, 11) is 1.88. The number of furan rings is 1. The van der Waals surface area contributed by atoms with Gasteiger partial charge in [0.1, 0.15) is 30.1 Å². The lowest BCUT2D eigenvalue weighted by atomic mass is 9.91. The van der Waals surface area contributed by atoms with Crippen molar-refractivity contribution in [3.8, 4) is 17.0 Å².